The lowest BCUT2D eigenvalue weighted by Gasteiger charge is -2.34. The first-order chi connectivity index (χ1) is 5.27. The van der Waals surface area contributed by atoms with Crippen LogP contribution in [0.1, 0.15) is 40.0 Å². The van der Waals surface area contributed by atoms with E-state index in [4.69, 9.17) is 0 Å². The van der Waals surface area contributed by atoms with E-state index < -0.39 is 0 Å². The van der Waals surface area contributed by atoms with Crippen LogP contribution in [0.2, 0.25) is 0 Å². The predicted octanol–water partition coefficient (Wildman–Crippen LogP) is 2.42. The average molecular weight is 155 g/mol. The minimum atomic E-state index is 0.753. The van der Waals surface area contributed by atoms with Gasteiger partial charge in [0.25, 0.3) is 0 Å². The van der Waals surface area contributed by atoms with Crippen molar-refractivity contribution in [2.75, 3.05) is 6.54 Å². The second-order valence-electron chi connectivity index (χ2n) is 3.88. The van der Waals surface area contributed by atoms with Crippen molar-refractivity contribution in [2.45, 2.75) is 46.1 Å². The minimum Gasteiger partial charge on any atom is -0.314 e. The highest BCUT2D eigenvalue weighted by molar-refractivity contribution is 4.81. The van der Waals surface area contributed by atoms with Gasteiger partial charge in [-0.05, 0) is 31.7 Å². The van der Waals surface area contributed by atoms with E-state index in [0.717, 1.165) is 17.9 Å². The molecule has 0 unspecified atom stereocenters. The summed E-state index contributed by atoms with van der Waals surface area (Å²) in [6.07, 6.45) is 4.13. The van der Waals surface area contributed by atoms with Gasteiger partial charge >= 0.3 is 0 Å². The van der Waals surface area contributed by atoms with Gasteiger partial charge in [0.1, 0.15) is 0 Å². The number of rotatable bonds is 2. The lowest BCUT2D eigenvalue weighted by atomic mass is 9.83. The third kappa shape index (κ3) is 2.19. The lowest BCUT2D eigenvalue weighted by molar-refractivity contribution is 0.219. The molecule has 0 saturated carbocycles. The molecule has 0 aromatic heterocycles. The van der Waals surface area contributed by atoms with Gasteiger partial charge in [-0.3, -0.25) is 0 Å². The molecule has 0 aromatic carbocycles. The fraction of sp³-hybridized carbons (Fsp3) is 1.00. The highest BCUT2D eigenvalue weighted by atomic mass is 14.9. The fourth-order valence-electron chi connectivity index (χ4n) is 2.07. The molecule has 0 bridgehead atoms. The van der Waals surface area contributed by atoms with Crippen LogP contribution in [0.15, 0.2) is 0 Å². The third-order valence-corrected chi connectivity index (χ3v) is 3.17. The minimum absolute atomic E-state index is 0.753. The molecular formula is C10H21N. The lowest BCUT2D eigenvalue weighted by Crippen LogP contribution is -2.43. The van der Waals surface area contributed by atoms with E-state index in [9.17, 15) is 0 Å². The maximum absolute atomic E-state index is 3.58. The molecule has 1 aliphatic heterocycles. The van der Waals surface area contributed by atoms with Gasteiger partial charge < -0.3 is 5.32 Å². The Morgan fingerprint density at radius 2 is 2.00 bits per heavy atom. The normalized spacial score (nSPS) is 39.0. The molecule has 1 fully saturated rings. The first-order valence-corrected chi connectivity index (χ1v) is 5.01. The summed E-state index contributed by atoms with van der Waals surface area (Å²) >= 11 is 0. The molecule has 66 valence electrons. The van der Waals surface area contributed by atoms with Crippen LogP contribution in [0.25, 0.3) is 0 Å². The van der Waals surface area contributed by atoms with Crippen LogP contribution < -0.4 is 5.32 Å². The number of hydrogen-bond acceptors (Lipinski definition) is 1. The van der Waals surface area contributed by atoms with Crippen molar-refractivity contribution < 1.29 is 0 Å². The molecule has 1 heteroatoms. The van der Waals surface area contributed by atoms with E-state index in [1.807, 2.05) is 0 Å². The van der Waals surface area contributed by atoms with Crippen molar-refractivity contribution in [3.8, 4) is 0 Å². The van der Waals surface area contributed by atoms with Gasteiger partial charge in [0.15, 0.2) is 0 Å². The highest BCUT2D eigenvalue weighted by Crippen LogP contribution is 2.25. The Balaban J connectivity index is 2.37. The second kappa shape index (κ2) is 4.10. The Labute approximate surface area is 70.6 Å². The summed E-state index contributed by atoms with van der Waals surface area (Å²) in [4.78, 5) is 0. The van der Waals surface area contributed by atoms with Crippen molar-refractivity contribution in [1.82, 2.24) is 5.32 Å². The van der Waals surface area contributed by atoms with Crippen molar-refractivity contribution in [1.29, 1.82) is 0 Å². The average Bonchev–Trinajstić information content (AvgIpc) is 2.05. The summed E-state index contributed by atoms with van der Waals surface area (Å²) in [5.41, 5.74) is 0. The van der Waals surface area contributed by atoms with Crippen molar-refractivity contribution in [3.63, 3.8) is 0 Å². The quantitative estimate of drug-likeness (QED) is 0.645. The molecule has 0 radical (unpaired) electrons. The van der Waals surface area contributed by atoms with E-state index in [2.05, 4.69) is 26.1 Å². The van der Waals surface area contributed by atoms with Crippen LogP contribution in [0.4, 0.5) is 0 Å². The molecule has 3 atom stereocenters. The topological polar surface area (TPSA) is 12.0 Å². The fourth-order valence-corrected chi connectivity index (χ4v) is 2.07. The first kappa shape index (κ1) is 9.05. The highest BCUT2D eigenvalue weighted by Gasteiger charge is 2.24. The van der Waals surface area contributed by atoms with Crippen LogP contribution in [0, 0.1) is 11.8 Å². The molecule has 1 saturated heterocycles. The Morgan fingerprint density at radius 1 is 1.27 bits per heavy atom. The monoisotopic (exact) mass is 155 g/mol. The molecule has 1 nitrogen and oxygen atoms in total. The molecule has 0 amide bonds. The van der Waals surface area contributed by atoms with E-state index in [-0.39, 0.29) is 0 Å². The Kier molecular flexibility index (Phi) is 3.38. The molecule has 0 aliphatic carbocycles. The number of nitrogens with one attached hydrogen (secondary N) is 1. The molecule has 1 heterocycles. The SMILES string of the molecule is CC[C@@H]1CN[C@H](C)[C@H](CC)C1. The molecule has 0 spiro atoms. The smallest absolute Gasteiger partial charge is 0.00671 e. The predicted molar refractivity (Wildman–Crippen MR) is 49.6 cm³/mol. The maximum Gasteiger partial charge on any atom is 0.00671 e. The second-order valence-corrected chi connectivity index (χ2v) is 3.88. The standard InChI is InChI=1S/C10H21N/c1-4-9-6-10(5-2)8(3)11-7-9/h8-11H,4-7H2,1-3H3/t8-,9+,10-/m1/s1. The summed E-state index contributed by atoms with van der Waals surface area (Å²) < 4.78 is 0. The first-order valence-electron chi connectivity index (χ1n) is 5.01. The summed E-state index contributed by atoms with van der Waals surface area (Å²) in [6.45, 7) is 8.17. The number of piperidine rings is 1. The van der Waals surface area contributed by atoms with Crippen LogP contribution >= 0.6 is 0 Å². The van der Waals surface area contributed by atoms with Gasteiger partial charge in [-0.25, -0.2) is 0 Å². The Morgan fingerprint density at radius 3 is 2.55 bits per heavy atom. The van der Waals surface area contributed by atoms with Gasteiger partial charge in [-0.15, -0.1) is 0 Å². The van der Waals surface area contributed by atoms with Gasteiger partial charge in [0.05, 0.1) is 0 Å². The van der Waals surface area contributed by atoms with Crippen molar-refractivity contribution in [2.24, 2.45) is 11.8 Å². The van der Waals surface area contributed by atoms with Gasteiger partial charge in [0.2, 0.25) is 0 Å². The molecule has 1 aliphatic rings. The summed E-state index contributed by atoms with van der Waals surface area (Å²) in [6, 6.07) is 0.753. The summed E-state index contributed by atoms with van der Waals surface area (Å²) in [5, 5.41) is 3.58. The zero-order valence-corrected chi connectivity index (χ0v) is 8.06. The Hall–Kier alpha value is -0.0400. The maximum atomic E-state index is 3.58. The molecule has 0 aromatic rings. The van der Waals surface area contributed by atoms with Crippen LogP contribution in [-0.2, 0) is 0 Å². The largest absolute Gasteiger partial charge is 0.314 e. The zero-order chi connectivity index (χ0) is 8.27. The van der Waals surface area contributed by atoms with E-state index in [1.165, 1.54) is 25.8 Å². The van der Waals surface area contributed by atoms with Crippen molar-refractivity contribution >= 4 is 0 Å². The summed E-state index contributed by atoms with van der Waals surface area (Å²) in [5.74, 6) is 1.87. The molecule has 1 N–H and O–H groups in total. The number of hydrogen-bond donors (Lipinski definition) is 1. The third-order valence-electron chi connectivity index (χ3n) is 3.17. The Bertz CT molecular complexity index is 111. The molecule has 11 heavy (non-hydrogen) atoms. The molecular weight excluding hydrogens is 134 g/mol. The van der Waals surface area contributed by atoms with E-state index in [0.29, 0.717) is 0 Å². The van der Waals surface area contributed by atoms with E-state index >= 15 is 0 Å². The molecule has 1 rings (SSSR count). The van der Waals surface area contributed by atoms with E-state index in [1.54, 1.807) is 0 Å². The summed E-state index contributed by atoms with van der Waals surface area (Å²) in [7, 11) is 0. The van der Waals surface area contributed by atoms with Crippen LogP contribution in [0.5, 0.6) is 0 Å². The van der Waals surface area contributed by atoms with Crippen molar-refractivity contribution in [3.05, 3.63) is 0 Å². The van der Waals surface area contributed by atoms with Gasteiger partial charge in [0, 0.05) is 6.04 Å². The van der Waals surface area contributed by atoms with Gasteiger partial charge in [-0.2, -0.15) is 0 Å². The van der Waals surface area contributed by atoms with Crippen LogP contribution in [0.3, 0.4) is 0 Å². The van der Waals surface area contributed by atoms with Gasteiger partial charge in [-0.1, -0.05) is 26.7 Å². The van der Waals surface area contributed by atoms with Crippen LogP contribution in [-0.4, -0.2) is 12.6 Å². The zero-order valence-electron chi connectivity index (χ0n) is 8.06.